The number of benzene rings is 2. The first-order valence-electron chi connectivity index (χ1n) is 10.8. The Balaban J connectivity index is 1.48. The van der Waals surface area contributed by atoms with E-state index in [1.807, 2.05) is 30.9 Å². The average Bonchev–Trinajstić information content (AvgIpc) is 3.34. The van der Waals surface area contributed by atoms with Crippen molar-refractivity contribution in [2.45, 2.75) is 26.7 Å². The van der Waals surface area contributed by atoms with Crippen LogP contribution in [-0.4, -0.2) is 60.2 Å². The number of carbonyl (C=O) groups excluding carboxylic acids is 3. The molecular formula is C24H30N4O3. The van der Waals surface area contributed by atoms with Gasteiger partial charge in [0.1, 0.15) is 0 Å². The van der Waals surface area contributed by atoms with Crippen molar-refractivity contribution in [2.24, 2.45) is 0 Å². The zero-order chi connectivity index (χ0) is 22.2. The van der Waals surface area contributed by atoms with Crippen LogP contribution in [0.4, 0.5) is 11.4 Å². The van der Waals surface area contributed by atoms with Crippen molar-refractivity contribution in [3.05, 3.63) is 59.7 Å². The molecule has 2 N–H and O–H groups in total. The third-order valence-corrected chi connectivity index (χ3v) is 5.44. The molecule has 0 saturated carbocycles. The fourth-order valence-electron chi connectivity index (χ4n) is 3.61. The van der Waals surface area contributed by atoms with Crippen LogP contribution < -0.4 is 10.6 Å². The highest BCUT2D eigenvalue weighted by Crippen LogP contribution is 2.16. The molecule has 1 heterocycles. The summed E-state index contributed by atoms with van der Waals surface area (Å²) in [6.07, 6.45) is 2.13. The minimum atomic E-state index is -0.194. The Kier molecular flexibility index (Phi) is 7.65. The SMILES string of the molecule is CCN(CC)C(=O)c1ccc(NC(=O)CNc2ccc(C(=O)N3CCCC3)cc2)cc1. The summed E-state index contributed by atoms with van der Waals surface area (Å²) in [7, 11) is 0. The fraction of sp³-hybridized carbons (Fsp3) is 0.375. The highest BCUT2D eigenvalue weighted by atomic mass is 16.2. The number of hydrogen-bond acceptors (Lipinski definition) is 4. The van der Waals surface area contributed by atoms with Gasteiger partial charge in [-0.05, 0) is 75.2 Å². The van der Waals surface area contributed by atoms with Crippen molar-refractivity contribution in [1.82, 2.24) is 9.80 Å². The van der Waals surface area contributed by atoms with Gasteiger partial charge in [0.15, 0.2) is 0 Å². The molecule has 1 aliphatic rings. The van der Waals surface area contributed by atoms with Gasteiger partial charge in [-0.1, -0.05) is 0 Å². The van der Waals surface area contributed by atoms with Crippen LogP contribution in [0.3, 0.4) is 0 Å². The number of carbonyl (C=O) groups is 3. The monoisotopic (exact) mass is 422 g/mol. The Hall–Kier alpha value is -3.35. The molecule has 7 heteroatoms. The van der Waals surface area contributed by atoms with Crippen LogP contribution in [0.1, 0.15) is 47.4 Å². The van der Waals surface area contributed by atoms with Crippen molar-refractivity contribution < 1.29 is 14.4 Å². The highest BCUT2D eigenvalue weighted by Gasteiger charge is 2.19. The van der Waals surface area contributed by atoms with Crippen LogP contribution in [0.5, 0.6) is 0 Å². The maximum Gasteiger partial charge on any atom is 0.253 e. The van der Waals surface area contributed by atoms with E-state index >= 15 is 0 Å². The van der Waals surface area contributed by atoms with Gasteiger partial charge in [-0.2, -0.15) is 0 Å². The van der Waals surface area contributed by atoms with E-state index in [-0.39, 0.29) is 24.3 Å². The van der Waals surface area contributed by atoms with E-state index in [1.54, 1.807) is 41.3 Å². The van der Waals surface area contributed by atoms with E-state index < -0.39 is 0 Å². The first-order valence-corrected chi connectivity index (χ1v) is 10.8. The maximum absolute atomic E-state index is 12.4. The number of likely N-dealkylation sites (tertiary alicyclic amines) is 1. The van der Waals surface area contributed by atoms with Gasteiger partial charge in [0, 0.05) is 48.7 Å². The van der Waals surface area contributed by atoms with Crippen LogP contribution >= 0.6 is 0 Å². The molecule has 2 aromatic rings. The summed E-state index contributed by atoms with van der Waals surface area (Å²) >= 11 is 0. The Morgan fingerprint density at radius 2 is 1.39 bits per heavy atom. The van der Waals surface area contributed by atoms with Crippen molar-refractivity contribution >= 4 is 29.1 Å². The number of anilines is 2. The third kappa shape index (κ3) is 5.84. The number of nitrogens with zero attached hydrogens (tertiary/aromatic N) is 2. The zero-order valence-corrected chi connectivity index (χ0v) is 18.2. The molecule has 0 unspecified atom stereocenters. The van der Waals surface area contributed by atoms with Gasteiger partial charge in [0.05, 0.1) is 6.54 Å². The third-order valence-electron chi connectivity index (χ3n) is 5.44. The van der Waals surface area contributed by atoms with Gasteiger partial charge < -0.3 is 20.4 Å². The van der Waals surface area contributed by atoms with Crippen LogP contribution in [0.2, 0.25) is 0 Å². The fourth-order valence-corrected chi connectivity index (χ4v) is 3.61. The van der Waals surface area contributed by atoms with Crippen LogP contribution in [-0.2, 0) is 4.79 Å². The van der Waals surface area contributed by atoms with Crippen molar-refractivity contribution in [1.29, 1.82) is 0 Å². The molecule has 0 atom stereocenters. The summed E-state index contributed by atoms with van der Waals surface area (Å²) < 4.78 is 0. The molecule has 0 aliphatic carbocycles. The van der Waals surface area contributed by atoms with E-state index in [0.717, 1.165) is 31.6 Å². The number of nitrogens with one attached hydrogen (secondary N) is 2. The molecule has 164 valence electrons. The molecule has 1 aliphatic heterocycles. The number of rotatable bonds is 8. The predicted octanol–water partition coefficient (Wildman–Crippen LogP) is 3.46. The van der Waals surface area contributed by atoms with Gasteiger partial charge in [0.2, 0.25) is 5.91 Å². The average molecular weight is 423 g/mol. The summed E-state index contributed by atoms with van der Waals surface area (Å²) in [6.45, 7) is 6.95. The molecule has 2 aromatic carbocycles. The van der Waals surface area contributed by atoms with Gasteiger partial charge in [-0.15, -0.1) is 0 Å². The van der Waals surface area contributed by atoms with Crippen molar-refractivity contribution in [3.8, 4) is 0 Å². The molecule has 1 saturated heterocycles. The molecule has 3 amide bonds. The summed E-state index contributed by atoms with van der Waals surface area (Å²) in [6, 6.07) is 14.1. The summed E-state index contributed by atoms with van der Waals surface area (Å²) in [5, 5.41) is 5.88. The zero-order valence-electron chi connectivity index (χ0n) is 18.2. The first-order chi connectivity index (χ1) is 15.0. The second kappa shape index (κ2) is 10.6. The van der Waals surface area contributed by atoms with Crippen molar-refractivity contribution in [2.75, 3.05) is 43.4 Å². The number of amides is 3. The normalized spacial score (nSPS) is 13.0. The quantitative estimate of drug-likeness (QED) is 0.683. The van der Waals surface area contributed by atoms with Crippen LogP contribution in [0, 0.1) is 0 Å². The summed E-state index contributed by atoms with van der Waals surface area (Å²) in [5.74, 6) is -0.152. The molecule has 3 rings (SSSR count). The predicted molar refractivity (Wildman–Crippen MR) is 122 cm³/mol. The van der Waals surface area contributed by atoms with E-state index in [1.165, 1.54) is 0 Å². The van der Waals surface area contributed by atoms with Crippen LogP contribution in [0.15, 0.2) is 48.5 Å². The first kappa shape index (κ1) is 22.3. The van der Waals surface area contributed by atoms with E-state index in [2.05, 4.69) is 10.6 Å². The Bertz CT molecular complexity index is 899. The topological polar surface area (TPSA) is 81.8 Å². The smallest absolute Gasteiger partial charge is 0.253 e. The molecular weight excluding hydrogens is 392 g/mol. The molecule has 7 nitrogen and oxygen atoms in total. The van der Waals surface area contributed by atoms with E-state index in [0.29, 0.717) is 29.9 Å². The lowest BCUT2D eigenvalue weighted by Crippen LogP contribution is -2.30. The Morgan fingerprint density at radius 1 is 0.839 bits per heavy atom. The molecule has 0 radical (unpaired) electrons. The second-order valence-corrected chi connectivity index (χ2v) is 7.53. The lowest BCUT2D eigenvalue weighted by atomic mass is 10.1. The molecule has 1 fully saturated rings. The molecule has 31 heavy (non-hydrogen) atoms. The van der Waals surface area contributed by atoms with Crippen molar-refractivity contribution in [3.63, 3.8) is 0 Å². The lowest BCUT2D eigenvalue weighted by molar-refractivity contribution is -0.114. The molecule has 0 spiro atoms. The minimum absolute atomic E-state index is 0.0174. The molecule has 0 aromatic heterocycles. The van der Waals surface area contributed by atoms with E-state index in [9.17, 15) is 14.4 Å². The highest BCUT2D eigenvalue weighted by molar-refractivity contribution is 5.97. The minimum Gasteiger partial charge on any atom is -0.376 e. The van der Waals surface area contributed by atoms with E-state index in [4.69, 9.17) is 0 Å². The second-order valence-electron chi connectivity index (χ2n) is 7.53. The molecule has 0 bridgehead atoms. The van der Waals surface area contributed by atoms with Gasteiger partial charge in [0.25, 0.3) is 11.8 Å². The Morgan fingerprint density at radius 3 is 1.97 bits per heavy atom. The maximum atomic E-state index is 12.4. The van der Waals surface area contributed by atoms with Gasteiger partial charge in [-0.3, -0.25) is 14.4 Å². The lowest BCUT2D eigenvalue weighted by Gasteiger charge is -2.18. The van der Waals surface area contributed by atoms with Crippen LogP contribution in [0.25, 0.3) is 0 Å². The van der Waals surface area contributed by atoms with Gasteiger partial charge in [-0.25, -0.2) is 0 Å². The Labute approximate surface area is 183 Å². The standard InChI is InChI=1S/C24H30N4O3/c1-3-27(4-2)23(30)18-9-13-21(14-10-18)26-22(29)17-25-20-11-7-19(8-12-20)24(31)28-15-5-6-16-28/h7-14,25H,3-6,15-17H2,1-2H3,(H,26,29). The van der Waals surface area contributed by atoms with Gasteiger partial charge >= 0.3 is 0 Å². The largest absolute Gasteiger partial charge is 0.376 e. The number of hydrogen-bond donors (Lipinski definition) is 2. The summed E-state index contributed by atoms with van der Waals surface area (Å²) in [4.78, 5) is 40.6. The summed E-state index contributed by atoms with van der Waals surface area (Å²) in [5.41, 5.74) is 2.67.